The van der Waals surface area contributed by atoms with Gasteiger partial charge in [0.1, 0.15) is 0 Å². The van der Waals surface area contributed by atoms with Crippen molar-refractivity contribution in [1.82, 2.24) is 28.2 Å². The van der Waals surface area contributed by atoms with Crippen LogP contribution in [0.5, 0.6) is 0 Å². The standard InChI is InChI=1S/2C53H35N3/c1-4-15-36(16-5-1)41-33-48(37-17-6-2-7-18-37)54-49(34-41)40-19-14-22-43(31-40)56-51-26-13-11-24-45(51)47-32-38(28-30-52(47)56)39-27-29-46-44-23-10-12-25-50(44)55(53(46)35-39)42-20-8-3-9-21-42;1-4-15-36(16-5-1)48-33-41(34-49(54-48)37-17-6-2-7-18-37)38-19-14-22-43(31-38)56-51-26-13-11-24-45(51)47-32-39(28-30-52(47)56)40-27-29-46-44-23-10-12-25-50(44)55(53(46)35-40)42-20-8-3-9-21-42/h2*1-35H. The zero-order chi connectivity index (χ0) is 74.0. The highest BCUT2D eigenvalue weighted by atomic mass is 15.0. The first-order valence-electron chi connectivity index (χ1n) is 38.3. The van der Waals surface area contributed by atoms with Gasteiger partial charge in [0.2, 0.25) is 0 Å². The summed E-state index contributed by atoms with van der Waals surface area (Å²) in [7, 11) is 0. The first kappa shape index (κ1) is 65.3. The second kappa shape index (κ2) is 27.7. The molecule has 0 radical (unpaired) electrons. The average Bonchev–Trinajstić information content (AvgIpc) is 1.60. The van der Waals surface area contributed by atoms with E-state index in [9.17, 15) is 0 Å². The molecule has 22 rings (SSSR count). The van der Waals surface area contributed by atoms with Gasteiger partial charge < -0.3 is 18.3 Å². The molecule has 0 amide bonds. The molecule has 0 N–H and O–H groups in total. The molecule has 0 atom stereocenters. The summed E-state index contributed by atoms with van der Waals surface area (Å²) >= 11 is 0. The maximum atomic E-state index is 5.24. The Morgan fingerprint density at radius 1 is 0.125 bits per heavy atom. The Bertz CT molecular complexity index is 6780. The lowest BCUT2D eigenvalue weighted by Gasteiger charge is -2.13. The predicted octanol–water partition coefficient (Wildman–Crippen LogP) is 27.9. The lowest BCUT2D eigenvalue weighted by molar-refractivity contribution is 1.18. The lowest BCUT2D eigenvalue weighted by atomic mass is 9.99. The van der Waals surface area contributed by atoms with Gasteiger partial charge in [0.05, 0.1) is 66.9 Å². The molecule has 6 nitrogen and oxygen atoms in total. The molecule has 0 spiro atoms. The van der Waals surface area contributed by atoms with Crippen LogP contribution < -0.4 is 0 Å². The third-order valence-electron chi connectivity index (χ3n) is 22.2. The number of para-hydroxylation sites is 6. The SMILES string of the molecule is c1ccc(-c2cc(-c3cccc(-n4c5ccccc5c5cc(-c6ccc7c8ccccc8n(-c8ccccc8)c7c6)ccc54)c3)cc(-c3ccccc3)n2)cc1.c1ccc(-c2cc(-c3ccccc3)nc(-c3cccc(-n4c5ccccc5c5cc(-c6ccc7c8ccccc8n(-c8ccccc8)c7c6)ccc54)c3)c2)cc1. The Morgan fingerprint density at radius 2 is 0.375 bits per heavy atom. The summed E-state index contributed by atoms with van der Waals surface area (Å²) in [6, 6.07) is 152. The lowest BCUT2D eigenvalue weighted by Crippen LogP contribution is -1.96. The van der Waals surface area contributed by atoms with Crippen LogP contribution in [0, 0.1) is 0 Å². The minimum absolute atomic E-state index is 0.943. The maximum Gasteiger partial charge on any atom is 0.0716 e. The number of hydrogen-bond acceptors (Lipinski definition) is 2. The fraction of sp³-hybridized carbons (Fsp3) is 0. The molecule has 0 aliphatic carbocycles. The van der Waals surface area contributed by atoms with Crippen LogP contribution >= 0.6 is 0 Å². The molecule has 6 heteroatoms. The third kappa shape index (κ3) is 11.6. The number of rotatable bonds is 12. The van der Waals surface area contributed by atoms with E-state index >= 15 is 0 Å². The third-order valence-corrected chi connectivity index (χ3v) is 22.2. The van der Waals surface area contributed by atoms with E-state index in [1.54, 1.807) is 0 Å². The molecule has 22 aromatic rings. The van der Waals surface area contributed by atoms with Crippen molar-refractivity contribution in [3.8, 4) is 112 Å². The summed E-state index contributed by atoms with van der Waals surface area (Å²) in [4.78, 5) is 10.4. The molecule has 6 heterocycles. The van der Waals surface area contributed by atoms with Crippen LogP contribution in [0.4, 0.5) is 0 Å². The molecule has 6 aromatic heterocycles. The molecule has 16 aromatic carbocycles. The minimum Gasteiger partial charge on any atom is -0.309 e. The van der Waals surface area contributed by atoms with E-state index in [2.05, 4.69) is 425 Å². The molecule has 0 bridgehead atoms. The van der Waals surface area contributed by atoms with Crippen LogP contribution in [0.15, 0.2) is 425 Å². The highest BCUT2D eigenvalue weighted by Gasteiger charge is 2.21. The molecule has 0 unspecified atom stereocenters. The Kier molecular flexibility index (Phi) is 16.1. The van der Waals surface area contributed by atoms with E-state index in [1.807, 2.05) is 18.2 Å². The smallest absolute Gasteiger partial charge is 0.0716 e. The zero-order valence-electron chi connectivity index (χ0n) is 61.1. The Morgan fingerprint density at radius 3 is 0.777 bits per heavy atom. The number of benzene rings is 16. The van der Waals surface area contributed by atoms with Crippen molar-refractivity contribution >= 4 is 87.2 Å². The molecule has 112 heavy (non-hydrogen) atoms. The zero-order valence-corrected chi connectivity index (χ0v) is 61.1. The molecule has 0 fully saturated rings. The fourth-order valence-electron chi connectivity index (χ4n) is 16.9. The monoisotopic (exact) mass is 1430 g/mol. The van der Waals surface area contributed by atoms with Gasteiger partial charge in [-0.1, -0.05) is 291 Å². The fourth-order valence-corrected chi connectivity index (χ4v) is 16.9. The quantitative estimate of drug-likeness (QED) is 0.122. The Labute approximate surface area is 648 Å². The normalized spacial score (nSPS) is 11.6. The van der Waals surface area contributed by atoms with Crippen LogP contribution in [0.2, 0.25) is 0 Å². The molecule has 0 saturated carbocycles. The van der Waals surface area contributed by atoms with Crippen molar-refractivity contribution < 1.29 is 0 Å². The van der Waals surface area contributed by atoms with Crippen molar-refractivity contribution in [1.29, 1.82) is 0 Å². The minimum atomic E-state index is 0.943. The summed E-state index contributed by atoms with van der Waals surface area (Å²) in [6.07, 6.45) is 0. The van der Waals surface area contributed by atoms with E-state index in [1.165, 1.54) is 115 Å². The Balaban J connectivity index is 0.000000141. The van der Waals surface area contributed by atoms with Gasteiger partial charge >= 0.3 is 0 Å². The van der Waals surface area contributed by atoms with E-state index in [4.69, 9.17) is 9.97 Å². The average molecular weight is 1430 g/mol. The largest absolute Gasteiger partial charge is 0.309 e. The summed E-state index contributed by atoms with van der Waals surface area (Å²) in [5, 5.41) is 9.95. The second-order valence-electron chi connectivity index (χ2n) is 28.8. The molecule has 524 valence electrons. The topological polar surface area (TPSA) is 45.5 Å². The van der Waals surface area contributed by atoms with Crippen molar-refractivity contribution in [3.63, 3.8) is 0 Å². The number of hydrogen-bond donors (Lipinski definition) is 0. The van der Waals surface area contributed by atoms with Crippen molar-refractivity contribution in [2.45, 2.75) is 0 Å². The summed E-state index contributed by atoms with van der Waals surface area (Å²) in [6.45, 7) is 0. The summed E-state index contributed by atoms with van der Waals surface area (Å²) in [5.41, 5.74) is 31.6. The number of pyridine rings is 2. The molecular formula is C106H70N6. The van der Waals surface area contributed by atoms with Crippen LogP contribution in [0.25, 0.3) is 200 Å². The van der Waals surface area contributed by atoms with Gasteiger partial charge in [0.25, 0.3) is 0 Å². The van der Waals surface area contributed by atoms with Gasteiger partial charge in [-0.25, -0.2) is 9.97 Å². The van der Waals surface area contributed by atoms with Crippen LogP contribution in [-0.4, -0.2) is 28.2 Å². The van der Waals surface area contributed by atoms with Gasteiger partial charge in [-0.05, 0) is 178 Å². The van der Waals surface area contributed by atoms with Crippen molar-refractivity contribution in [2.24, 2.45) is 0 Å². The molecule has 0 aliphatic heterocycles. The van der Waals surface area contributed by atoms with Gasteiger partial charge in [-0.2, -0.15) is 0 Å². The van der Waals surface area contributed by atoms with E-state index in [0.29, 0.717) is 0 Å². The highest BCUT2D eigenvalue weighted by molar-refractivity contribution is 6.15. The van der Waals surface area contributed by atoms with Crippen molar-refractivity contribution in [2.75, 3.05) is 0 Å². The summed E-state index contributed by atoms with van der Waals surface area (Å²) in [5.74, 6) is 0. The summed E-state index contributed by atoms with van der Waals surface area (Å²) < 4.78 is 9.58. The van der Waals surface area contributed by atoms with Gasteiger partial charge in [0, 0.05) is 88.1 Å². The van der Waals surface area contributed by atoms with E-state index in [0.717, 1.165) is 84.5 Å². The molecule has 0 saturated heterocycles. The number of nitrogens with zero attached hydrogens (tertiary/aromatic N) is 6. The second-order valence-corrected chi connectivity index (χ2v) is 28.8. The van der Waals surface area contributed by atoms with Crippen LogP contribution in [0.1, 0.15) is 0 Å². The van der Waals surface area contributed by atoms with E-state index in [-0.39, 0.29) is 0 Å². The van der Waals surface area contributed by atoms with E-state index < -0.39 is 0 Å². The molecule has 0 aliphatic rings. The van der Waals surface area contributed by atoms with Gasteiger partial charge in [-0.3, -0.25) is 0 Å². The highest BCUT2D eigenvalue weighted by Crippen LogP contribution is 2.43. The van der Waals surface area contributed by atoms with Gasteiger partial charge in [-0.15, -0.1) is 0 Å². The Hall–Kier alpha value is -15.0. The van der Waals surface area contributed by atoms with Crippen molar-refractivity contribution in [3.05, 3.63) is 425 Å². The van der Waals surface area contributed by atoms with Crippen LogP contribution in [0.3, 0.4) is 0 Å². The molecular weight excluding hydrogens is 1360 g/mol. The first-order valence-corrected chi connectivity index (χ1v) is 38.3. The predicted molar refractivity (Wildman–Crippen MR) is 469 cm³/mol. The first-order chi connectivity index (χ1) is 55.5. The maximum absolute atomic E-state index is 5.24. The number of fused-ring (bicyclic) bond motifs is 12. The number of aromatic nitrogens is 6. The van der Waals surface area contributed by atoms with Gasteiger partial charge in [0.15, 0.2) is 0 Å². The van der Waals surface area contributed by atoms with Crippen LogP contribution in [-0.2, 0) is 0 Å².